The largest absolute Gasteiger partial charge is 0.457 e. The van der Waals surface area contributed by atoms with Gasteiger partial charge in [-0.2, -0.15) is 0 Å². The van der Waals surface area contributed by atoms with Gasteiger partial charge in [0.2, 0.25) is 11.9 Å². The summed E-state index contributed by atoms with van der Waals surface area (Å²) in [5.41, 5.74) is 3.49. The van der Waals surface area contributed by atoms with Crippen molar-refractivity contribution in [3.8, 4) is 11.5 Å². The number of halogens is 1. The Kier molecular flexibility index (Phi) is 6.38. The number of anilines is 3. The normalized spacial score (nSPS) is 13.6. The lowest BCUT2D eigenvalue weighted by Crippen LogP contribution is -2.48. The first-order valence-corrected chi connectivity index (χ1v) is 12.6. The van der Waals surface area contributed by atoms with Crippen LogP contribution in [0.3, 0.4) is 0 Å². The zero-order chi connectivity index (χ0) is 27.8. The Morgan fingerprint density at radius 3 is 2.70 bits per heavy atom. The molecule has 3 aromatic heterocycles. The number of aromatic nitrogens is 7. The minimum Gasteiger partial charge on any atom is -0.457 e. The fraction of sp³-hybridized carbons (Fsp3) is 0.222. The predicted octanol–water partition coefficient (Wildman–Crippen LogP) is 3.52. The van der Waals surface area contributed by atoms with Crippen LogP contribution >= 0.6 is 0 Å². The van der Waals surface area contributed by atoms with E-state index in [4.69, 9.17) is 9.72 Å². The van der Waals surface area contributed by atoms with Crippen molar-refractivity contribution in [2.75, 3.05) is 36.4 Å². The van der Waals surface area contributed by atoms with E-state index in [1.165, 1.54) is 23.2 Å². The van der Waals surface area contributed by atoms with Crippen LogP contribution in [0.5, 0.6) is 11.5 Å². The summed E-state index contributed by atoms with van der Waals surface area (Å²) in [6.45, 7) is 7.80. The molecule has 40 heavy (non-hydrogen) atoms. The first kappa shape index (κ1) is 25.1. The second-order valence-electron chi connectivity index (χ2n) is 9.34. The summed E-state index contributed by atoms with van der Waals surface area (Å²) in [5, 5.41) is 11.2. The van der Waals surface area contributed by atoms with Crippen LogP contribution in [0.1, 0.15) is 5.56 Å². The van der Waals surface area contributed by atoms with Gasteiger partial charge in [0.05, 0.1) is 6.20 Å². The molecule has 1 N–H and O–H groups in total. The third-order valence-corrected chi connectivity index (χ3v) is 6.71. The Hall–Kier alpha value is -5.20. The molecule has 5 aromatic rings. The minimum atomic E-state index is -0.458. The molecule has 6 rings (SSSR count). The van der Waals surface area contributed by atoms with Gasteiger partial charge in [-0.1, -0.05) is 11.8 Å². The van der Waals surface area contributed by atoms with E-state index in [9.17, 15) is 9.18 Å². The lowest BCUT2D eigenvalue weighted by molar-refractivity contribution is -0.126. The number of piperazine rings is 1. The Balaban J connectivity index is 1.21. The van der Waals surface area contributed by atoms with Crippen LogP contribution in [0.2, 0.25) is 0 Å². The first-order chi connectivity index (χ1) is 19.4. The third kappa shape index (κ3) is 4.72. The third-order valence-electron chi connectivity index (χ3n) is 6.71. The summed E-state index contributed by atoms with van der Waals surface area (Å²) >= 11 is 0. The Morgan fingerprint density at radius 1 is 1.10 bits per heavy atom. The highest BCUT2D eigenvalue weighted by Gasteiger charge is 2.22. The second-order valence-corrected chi connectivity index (χ2v) is 9.34. The molecule has 1 fully saturated rings. The van der Waals surface area contributed by atoms with Crippen molar-refractivity contribution in [2.24, 2.45) is 7.05 Å². The number of nitrogens with one attached hydrogen (secondary N) is 1. The van der Waals surface area contributed by atoms with Crippen molar-refractivity contribution in [1.82, 2.24) is 39.8 Å². The highest BCUT2D eigenvalue weighted by atomic mass is 19.1. The summed E-state index contributed by atoms with van der Waals surface area (Å²) in [6, 6.07) is 8.51. The molecule has 0 saturated carbocycles. The maximum absolute atomic E-state index is 14.6. The smallest absolute Gasteiger partial charge is 0.246 e. The average Bonchev–Trinajstić information content (AvgIpc) is 3.35. The van der Waals surface area contributed by atoms with Crippen LogP contribution < -0.4 is 15.0 Å². The van der Waals surface area contributed by atoms with Crippen molar-refractivity contribution in [2.45, 2.75) is 6.92 Å². The van der Waals surface area contributed by atoms with Gasteiger partial charge in [-0.25, -0.2) is 29.0 Å². The van der Waals surface area contributed by atoms with E-state index in [0.29, 0.717) is 71.5 Å². The van der Waals surface area contributed by atoms with E-state index in [1.54, 1.807) is 30.3 Å². The van der Waals surface area contributed by atoms with E-state index in [0.717, 1.165) is 11.3 Å². The molecule has 2 aromatic carbocycles. The van der Waals surface area contributed by atoms with Gasteiger partial charge in [0.15, 0.2) is 11.6 Å². The predicted molar refractivity (Wildman–Crippen MR) is 147 cm³/mol. The Labute approximate surface area is 228 Å². The van der Waals surface area contributed by atoms with Crippen LogP contribution in [-0.4, -0.2) is 71.9 Å². The van der Waals surface area contributed by atoms with E-state index in [2.05, 4.69) is 37.2 Å². The maximum atomic E-state index is 14.6. The van der Waals surface area contributed by atoms with Crippen molar-refractivity contribution in [3.63, 3.8) is 0 Å². The van der Waals surface area contributed by atoms with Crippen molar-refractivity contribution < 1.29 is 13.9 Å². The van der Waals surface area contributed by atoms with Gasteiger partial charge in [0, 0.05) is 51.0 Å². The molecule has 0 radical (unpaired) electrons. The highest BCUT2D eigenvalue weighted by Crippen LogP contribution is 2.31. The highest BCUT2D eigenvalue weighted by molar-refractivity contribution is 5.88. The first-order valence-electron chi connectivity index (χ1n) is 12.6. The van der Waals surface area contributed by atoms with Gasteiger partial charge in [-0.05, 0) is 36.8 Å². The van der Waals surface area contributed by atoms with E-state index in [1.807, 2.05) is 24.0 Å². The molecule has 4 heterocycles. The van der Waals surface area contributed by atoms with E-state index < -0.39 is 5.82 Å². The summed E-state index contributed by atoms with van der Waals surface area (Å²) in [6.07, 6.45) is 4.45. The molecule has 0 bridgehead atoms. The number of carbonyl (C=O) groups is 1. The van der Waals surface area contributed by atoms with Gasteiger partial charge < -0.3 is 19.9 Å². The van der Waals surface area contributed by atoms with E-state index in [-0.39, 0.29) is 5.91 Å². The summed E-state index contributed by atoms with van der Waals surface area (Å²) in [5.74, 6) is 1.43. The van der Waals surface area contributed by atoms with Gasteiger partial charge in [0.25, 0.3) is 0 Å². The zero-order valence-corrected chi connectivity index (χ0v) is 21.9. The molecule has 0 spiro atoms. The van der Waals surface area contributed by atoms with Crippen LogP contribution in [-0.2, 0) is 11.8 Å². The minimum absolute atomic E-state index is 0.0792. The molecule has 0 unspecified atom stereocenters. The summed E-state index contributed by atoms with van der Waals surface area (Å²) < 4.78 is 21.9. The molecule has 13 heteroatoms. The van der Waals surface area contributed by atoms with Gasteiger partial charge in [-0.15, -0.1) is 5.10 Å². The van der Waals surface area contributed by atoms with Crippen molar-refractivity contribution in [3.05, 3.63) is 66.9 Å². The maximum Gasteiger partial charge on any atom is 0.246 e. The Morgan fingerprint density at radius 2 is 1.93 bits per heavy atom. The van der Waals surface area contributed by atoms with Gasteiger partial charge >= 0.3 is 0 Å². The van der Waals surface area contributed by atoms with Crippen molar-refractivity contribution >= 4 is 45.4 Å². The van der Waals surface area contributed by atoms with Crippen LogP contribution in [0.25, 0.3) is 22.1 Å². The van der Waals surface area contributed by atoms with E-state index >= 15 is 0 Å². The molecule has 1 amide bonds. The molecule has 202 valence electrons. The molecule has 1 saturated heterocycles. The number of hydrogen-bond donors (Lipinski definition) is 1. The summed E-state index contributed by atoms with van der Waals surface area (Å²) in [7, 11) is 1.64. The molecule has 1 aliphatic heterocycles. The molecule has 1 aliphatic rings. The fourth-order valence-electron chi connectivity index (χ4n) is 4.63. The number of nitrogens with zero attached hydrogens (tertiary/aromatic N) is 9. The van der Waals surface area contributed by atoms with Gasteiger partial charge in [0.1, 0.15) is 39.9 Å². The number of ether oxygens (including phenoxy) is 1. The zero-order valence-electron chi connectivity index (χ0n) is 21.9. The number of amides is 1. The van der Waals surface area contributed by atoms with Crippen LogP contribution in [0.15, 0.2) is 55.5 Å². The second kappa shape index (κ2) is 10.2. The number of fused-ring (bicyclic) bond motifs is 2. The molecule has 0 atom stereocenters. The van der Waals surface area contributed by atoms with Gasteiger partial charge in [-0.3, -0.25) is 4.79 Å². The monoisotopic (exact) mass is 540 g/mol. The SMILES string of the molecule is C=CC(=O)N1CCN(c2ncc3ncnc(Nc4ccc(Oc5cc(F)c6c(c5)nnn6C)c(C)c4)c3n2)CC1. The number of carbonyl (C=O) groups excluding carboxylic acids is 1. The molecule has 12 nitrogen and oxygen atoms in total. The molecule has 0 aliphatic carbocycles. The molecular formula is C27H25FN10O2. The average molecular weight is 541 g/mol. The topological polar surface area (TPSA) is 127 Å². The summed E-state index contributed by atoms with van der Waals surface area (Å²) in [4.78, 5) is 33.6. The lowest BCUT2D eigenvalue weighted by Gasteiger charge is -2.34. The number of aryl methyl sites for hydroxylation is 2. The van der Waals surface area contributed by atoms with Crippen LogP contribution in [0.4, 0.5) is 21.8 Å². The Bertz CT molecular complexity index is 1760. The standard InChI is InChI=1S/C27H25FN10O2/c1-4-23(39)37-7-9-38(10-8-37)27-29-14-21-24(33-27)26(31-15-30-21)32-17-5-6-22(16(2)11-17)40-18-12-19(28)25-20(13-18)34-35-36(25)3/h4-6,11-15H,1,7-10H2,2-3H3,(H,30,31,32). The van der Waals surface area contributed by atoms with Crippen LogP contribution in [0, 0.1) is 12.7 Å². The number of rotatable bonds is 6. The number of hydrogen-bond acceptors (Lipinski definition) is 10. The number of benzene rings is 2. The quantitative estimate of drug-likeness (QED) is 0.320. The molecular weight excluding hydrogens is 515 g/mol. The van der Waals surface area contributed by atoms with Crippen molar-refractivity contribution in [1.29, 1.82) is 0 Å². The fourth-order valence-corrected chi connectivity index (χ4v) is 4.63. The lowest BCUT2D eigenvalue weighted by atomic mass is 10.2.